The molecule has 0 bridgehead atoms. The van der Waals surface area contributed by atoms with Crippen molar-refractivity contribution in [2.45, 2.75) is 70.0 Å². The van der Waals surface area contributed by atoms with E-state index in [1.807, 2.05) is 6.92 Å². The van der Waals surface area contributed by atoms with Crippen LogP contribution in [0.1, 0.15) is 63.5 Å². The Morgan fingerprint density at radius 1 is 1.16 bits per heavy atom. The fraction of sp³-hybridized carbons (Fsp3) is 0.667. The topological polar surface area (TPSA) is 155 Å². The summed E-state index contributed by atoms with van der Waals surface area (Å²) in [5.41, 5.74) is 2.99. The van der Waals surface area contributed by atoms with E-state index in [1.54, 1.807) is 11.9 Å². The molecule has 0 atom stereocenters. The van der Waals surface area contributed by atoms with Crippen LogP contribution in [0.15, 0.2) is 9.59 Å². The molecule has 4 rings (SSSR count). The van der Waals surface area contributed by atoms with Crippen molar-refractivity contribution < 1.29 is 14.7 Å². The highest BCUT2D eigenvalue weighted by molar-refractivity contribution is 6.07. The summed E-state index contributed by atoms with van der Waals surface area (Å²) < 4.78 is 2.24. The van der Waals surface area contributed by atoms with Gasteiger partial charge in [0, 0.05) is 26.7 Å². The van der Waals surface area contributed by atoms with E-state index in [9.17, 15) is 24.3 Å². The van der Waals surface area contributed by atoms with Gasteiger partial charge in [-0.05, 0) is 50.4 Å². The number of rotatable bonds is 4. The highest BCUT2D eigenvalue weighted by Crippen LogP contribution is 2.61. The normalized spacial score (nSPS) is 29.8. The zero-order chi connectivity index (χ0) is 23.6. The van der Waals surface area contributed by atoms with Crippen molar-refractivity contribution in [2.24, 2.45) is 11.1 Å². The lowest BCUT2D eigenvalue weighted by molar-refractivity contribution is -0.148. The fourth-order valence-corrected chi connectivity index (χ4v) is 6.00. The number of aromatic hydroxyl groups is 1. The first-order chi connectivity index (χ1) is 15.0. The molecule has 0 aromatic carbocycles. The average molecular weight is 447 g/mol. The second kappa shape index (κ2) is 7.21. The molecule has 174 valence electrons. The molecule has 3 fully saturated rings. The molecule has 32 heavy (non-hydrogen) atoms. The molecule has 3 amide bonds. The zero-order valence-electron chi connectivity index (χ0n) is 18.7. The molecule has 2 saturated carbocycles. The largest absolute Gasteiger partial charge is 0.494 e. The molecule has 2 spiro atoms. The van der Waals surface area contributed by atoms with Gasteiger partial charge in [-0.25, -0.2) is 9.59 Å². The van der Waals surface area contributed by atoms with Gasteiger partial charge in [-0.15, -0.1) is 0 Å². The number of nitrogen functional groups attached to an aromatic ring is 1. The van der Waals surface area contributed by atoms with Gasteiger partial charge in [-0.2, -0.15) is 0 Å². The summed E-state index contributed by atoms with van der Waals surface area (Å²) in [5.74, 6) is -1.30. The predicted octanol–water partition coefficient (Wildman–Crippen LogP) is 0.568. The number of carbonyl (C=O) groups excluding carboxylic acids is 2. The Labute approximate surface area is 184 Å². The van der Waals surface area contributed by atoms with E-state index in [0.717, 1.165) is 9.13 Å². The summed E-state index contributed by atoms with van der Waals surface area (Å²) in [7, 11) is 3.17. The molecule has 4 N–H and O–H groups in total. The van der Waals surface area contributed by atoms with Gasteiger partial charge in [0.25, 0.3) is 11.5 Å². The van der Waals surface area contributed by atoms with Crippen molar-refractivity contribution >= 4 is 17.8 Å². The SMILES string of the molecule is CCCn1c(O)c(C(=N)N)c(=O)n(C2CCC3(CC2)CC2(C3)C(=O)N(C)C(=O)N2C)c1=O. The number of amidine groups is 1. The minimum absolute atomic E-state index is 0.0990. The van der Waals surface area contributed by atoms with Gasteiger partial charge in [0.2, 0.25) is 5.88 Å². The number of carbonyl (C=O) groups is 2. The Kier molecular flexibility index (Phi) is 4.98. The van der Waals surface area contributed by atoms with Gasteiger partial charge in [0.15, 0.2) is 0 Å². The van der Waals surface area contributed by atoms with Crippen LogP contribution in [-0.2, 0) is 11.3 Å². The summed E-state index contributed by atoms with van der Waals surface area (Å²) >= 11 is 0. The van der Waals surface area contributed by atoms with Crippen LogP contribution in [0.25, 0.3) is 0 Å². The first-order valence-corrected chi connectivity index (χ1v) is 11.0. The molecule has 2 heterocycles. The van der Waals surface area contributed by atoms with E-state index in [4.69, 9.17) is 11.1 Å². The van der Waals surface area contributed by atoms with Crippen LogP contribution in [0.5, 0.6) is 5.88 Å². The number of aromatic nitrogens is 2. The summed E-state index contributed by atoms with van der Waals surface area (Å²) in [4.78, 5) is 53.6. The lowest BCUT2D eigenvalue weighted by Crippen LogP contribution is -2.63. The van der Waals surface area contributed by atoms with Crippen LogP contribution in [0, 0.1) is 10.8 Å². The predicted molar refractivity (Wildman–Crippen MR) is 116 cm³/mol. The van der Waals surface area contributed by atoms with Crippen molar-refractivity contribution in [2.75, 3.05) is 14.1 Å². The van der Waals surface area contributed by atoms with Crippen molar-refractivity contribution in [1.82, 2.24) is 18.9 Å². The number of urea groups is 1. The van der Waals surface area contributed by atoms with Crippen LogP contribution in [0.2, 0.25) is 0 Å². The van der Waals surface area contributed by atoms with E-state index in [-0.39, 0.29) is 35.5 Å². The van der Waals surface area contributed by atoms with Gasteiger partial charge >= 0.3 is 11.7 Å². The third kappa shape index (κ3) is 2.82. The summed E-state index contributed by atoms with van der Waals surface area (Å²) in [5, 5.41) is 18.1. The highest BCUT2D eigenvalue weighted by Gasteiger charge is 2.66. The molecule has 1 saturated heterocycles. The average Bonchev–Trinajstić information content (AvgIpc) is 2.88. The summed E-state index contributed by atoms with van der Waals surface area (Å²) in [6, 6.07) is -0.664. The van der Waals surface area contributed by atoms with E-state index < -0.39 is 28.5 Å². The highest BCUT2D eigenvalue weighted by atomic mass is 16.3. The minimum Gasteiger partial charge on any atom is -0.494 e. The summed E-state index contributed by atoms with van der Waals surface area (Å²) in [6.07, 6.45) is 4.28. The van der Waals surface area contributed by atoms with Crippen LogP contribution in [0.3, 0.4) is 0 Å². The number of likely N-dealkylation sites (N-methyl/N-ethyl adjacent to an activating group) is 2. The first-order valence-electron chi connectivity index (χ1n) is 11.0. The zero-order valence-corrected chi connectivity index (χ0v) is 18.7. The van der Waals surface area contributed by atoms with Crippen LogP contribution in [-0.4, -0.2) is 61.4 Å². The molecule has 1 aliphatic heterocycles. The number of imide groups is 1. The second-order valence-electron chi connectivity index (χ2n) is 9.54. The molecule has 1 aromatic heterocycles. The molecule has 3 aliphatic rings. The molecule has 1 aromatic rings. The van der Waals surface area contributed by atoms with Gasteiger partial charge < -0.3 is 15.7 Å². The van der Waals surface area contributed by atoms with Crippen molar-refractivity contribution in [3.8, 4) is 5.88 Å². The Balaban J connectivity index is 1.59. The van der Waals surface area contributed by atoms with Gasteiger partial charge in [0.1, 0.15) is 16.9 Å². The number of amides is 3. The maximum atomic E-state index is 13.0. The Morgan fingerprint density at radius 2 is 1.75 bits per heavy atom. The van der Waals surface area contributed by atoms with Crippen LogP contribution >= 0.6 is 0 Å². The molecule has 0 unspecified atom stereocenters. The number of nitrogens with zero attached hydrogens (tertiary/aromatic N) is 4. The Morgan fingerprint density at radius 3 is 2.22 bits per heavy atom. The molecule has 11 nitrogen and oxygen atoms in total. The van der Waals surface area contributed by atoms with Crippen molar-refractivity contribution in [3.05, 3.63) is 26.4 Å². The van der Waals surface area contributed by atoms with Crippen molar-refractivity contribution in [3.63, 3.8) is 0 Å². The first kappa shape index (κ1) is 22.1. The van der Waals surface area contributed by atoms with Gasteiger partial charge in [-0.1, -0.05) is 6.92 Å². The number of nitrogens with two attached hydrogens (primary N) is 1. The number of nitrogens with one attached hydrogen (secondary N) is 1. The molecule has 0 radical (unpaired) electrons. The maximum Gasteiger partial charge on any atom is 0.334 e. The molecule has 11 heteroatoms. The lowest BCUT2D eigenvalue weighted by Gasteiger charge is -2.57. The summed E-state index contributed by atoms with van der Waals surface area (Å²) in [6.45, 7) is 2.05. The third-order valence-corrected chi connectivity index (χ3v) is 7.70. The van der Waals surface area contributed by atoms with E-state index in [1.165, 1.54) is 11.9 Å². The molecular weight excluding hydrogens is 416 g/mol. The van der Waals surface area contributed by atoms with Crippen molar-refractivity contribution in [1.29, 1.82) is 5.41 Å². The Hall–Kier alpha value is -3.11. The van der Waals surface area contributed by atoms with Crippen LogP contribution in [0.4, 0.5) is 4.79 Å². The van der Waals surface area contributed by atoms with E-state index in [0.29, 0.717) is 44.9 Å². The Bertz CT molecular complexity index is 1120. The lowest BCUT2D eigenvalue weighted by atomic mass is 9.51. The molecular formula is C21H30N6O5. The van der Waals surface area contributed by atoms with Gasteiger partial charge in [0.05, 0.1) is 0 Å². The van der Waals surface area contributed by atoms with Gasteiger partial charge in [-0.3, -0.25) is 29.0 Å². The number of hydrogen-bond donors (Lipinski definition) is 3. The maximum absolute atomic E-state index is 13.0. The fourth-order valence-electron chi connectivity index (χ4n) is 6.00. The minimum atomic E-state index is -0.774. The monoisotopic (exact) mass is 446 g/mol. The van der Waals surface area contributed by atoms with E-state index >= 15 is 0 Å². The molecule has 2 aliphatic carbocycles. The quantitative estimate of drug-likeness (QED) is 0.349. The number of hydrogen-bond acceptors (Lipinski definition) is 6. The van der Waals surface area contributed by atoms with E-state index in [2.05, 4.69) is 0 Å². The third-order valence-electron chi connectivity index (χ3n) is 7.70. The smallest absolute Gasteiger partial charge is 0.334 e. The standard InChI is InChI=1S/C21H30N6O5/c1-4-9-26-15(28)13(14(22)23)16(29)27(19(26)32)12-5-7-20(8-6-12)10-21(11-20)17(30)24(2)18(31)25(21)3/h12,28H,4-11H2,1-3H3,(H3,22,23). The van der Waals surface area contributed by atoms with Crippen LogP contribution < -0.4 is 17.0 Å². The second-order valence-corrected chi connectivity index (χ2v) is 9.54.